The zero-order chi connectivity index (χ0) is 15.0. The lowest BCUT2D eigenvalue weighted by atomic mass is 9.74. The molecule has 0 N–H and O–H groups in total. The van der Waals surface area contributed by atoms with E-state index in [2.05, 4.69) is 47.7 Å². The number of nitrogens with zero attached hydrogens (tertiary/aromatic N) is 4. The maximum Gasteiger partial charge on any atom is 0.0837 e. The number of aromatic nitrogens is 2. The fourth-order valence-corrected chi connectivity index (χ4v) is 4.44. The summed E-state index contributed by atoms with van der Waals surface area (Å²) in [5.41, 5.74) is 1.21. The zero-order valence-corrected chi connectivity index (χ0v) is 13.4. The van der Waals surface area contributed by atoms with Crippen molar-refractivity contribution in [2.45, 2.75) is 58.0 Å². The molecular formula is C17H26N4. The van der Waals surface area contributed by atoms with Crippen molar-refractivity contribution in [2.24, 2.45) is 11.8 Å². The van der Waals surface area contributed by atoms with Crippen LogP contribution in [0.1, 0.15) is 45.6 Å². The second kappa shape index (κ2) is 5.46. The van der Waals surface area contributed by atoms with Crippen molar-refractivity contribution in [3.8, 4) is 6.07 Å². The fourth-order valence-electron chi connectivity index (χ4n) is 4.44. The Labute approximate surface area is 127 Å². The maximum absolute atomic E-state index is 9.44. The van der Waals surface area contributed by atoms with Gasteiger partial charge in [0.2, 0.25) is 0 Å². The lowest BCUT2D eigenvalue weighted by molar-refractivity contribution is 0.00887. The molecule has 3 atom stereocenters. The molecular weight excluding hydrogens is 260 g/mol. The quantitative estimate of drug-likeness (QED) is 0.855. The Morgan fingerprint density at radius 1 is 1.38 bits per heavy atom. The molecule has 2 aliphatic rings. The molecule has 0 spiro atoms. The molecule has 1 saturated heterocycles. The van der Waals surface area contributed by atoms with Crippen LogP contribution in [0.2, 0.25) is 0 Å². The minimum Gasteiger partial charge on any atom is -0.300 e. The first-order chi connectivity index (χ1) is 10.1. The number of hydrogen-bond donors (Lipinski definition) is 0. The molecule has 1 saturated carbocycles. The highest BCUT2D eigenvalue weighted by Gasteiger charge is 2.55. The zero-order valence-electron chi connectivity index (χ0n) is 13.4. The van der Waals surface area contributed by atoms with Gasteiger partial charge >= 0.3 is 0 Å². The molecule has 1 aromatic rings. The maximum atomic E-state index is 9.44. The van der Waals surface area contributed by atoms with Crippen LogP contribution in [0.3, 0.4) is 0 Å². The van der Waals surface area contributed by atoms with Gasteiger partial charge in [-0.3, -0.25) is 4.68 Å². The molecule has 1 unspecified atom stereocenters. The van der Waals surface area contributed by atoms with Gasteiger partial charge in [-0.25, -0.2) is 0 Å². The van der Waals surface area contributed by atoms with Crippen LogP contribution in [0.25, 0.3) is 0 Å². The van der Waals surface area contributed by atoms with Crippen molar-refractivity contribution in [1.82, 2.24) is 14.7 Å². The van der Waals surface area contributed by atoms with Crippen LogP contribution in [0.4, 0.5) is 0 Å². The van der Waals surface area contributed by atoms with Crippen LogP contribution < -0.4 is 0 Å². The van der Waals surface area contributed by atoms with Gasteiger partial charge in [0.1, 0.15) is 0 Å². The van der Waals surface area contributed by atoms with Gasteiger partial charge in [-0.15, -0.1) is 0 Å². The Hall–Kier alpha value is -1.34. The van der Waals surface area contributed by atoms with Gasteiger partial charge in [-0.1, -0.05) is 6.92 Å². The average Bonchev–Trinajstić information content (AvgIpc) is 2.99. The van der Waals surface area contributed by atoms with Crippen LogP contribution in [-0.4, -0.2) is 33.8 Å². The Kier molecular flexibility index (Phi) is 3.79. The number of rotatable bonds is 4. The van der Waals surface area contributed by atoms with E-state index in [1.165, 1.54) is 18.4 Å². The number of fused-ring (bicyclic) bond motifs is 2. The van der Waals surface area contributed by atoms with E-state index in [1.807, 2.05) is 6.20 Å². The fraction of sp³-hybridized carbons (Fsp3) is 0.765. The van der Waals surface area contributed by atoms with E-state index in [9.17, 15) is 5.26 Å². The molecule has 21 heavy (non-hydrogen) atoms. The van der Waals surface area contributed by atoms with Gasteiger partial charge in [0, 0.05) is 25.3 Å². The predicted molar refractivity (Wildman–Crippen MR) is 82.7 cm³/mol. The van der Waals surface area contributed by atoms with E-state index in [-0.39, 0.29) is 5.54 Å². The van der Waals surface area contributed by atoms with Crippen LogP contribution in [0, 0.1) is 23.2 Å². The smallest absolute Gasteiger partial charge is 0.0837 e. The first-order valence-electron chi connectivity index (χ1n) is 8.26. The van der Waals surface area contributed by atoms with E-state index in [1.54, 1.807) is 0 Å². The summed E-state index contributed by atoms with van der Waals surface area (Å²) in [7, 11) is 0. The monoisotopic (exact) mass is 286 g/mol. The third-order valence-corrected chi connectivity index (χ3v) is 5.75. The third-order valence-electron chi connectivity index (χ3n) is 5.75. The summed E-state index contributed by atoms with van der Waals surface area (Å²) in [5, 5.41) is 14.1. The van der Waals surface area contributed by atoms with E-state index >= 15 is 0 Å². The number of likely N-dealkylation sites (tertiary alicyclic amines) is 1. The van der Waals surface area contributed by atoms with Gasteiger partial charge in [0.25, 0.3) is 0 Å². The molecule has 114 valence electrons. The topological polar surface area (TPSA) is 44.9 Å². The largest absolute Gasteiger partial charge is 0.300 e. The Balaban J connectivity index is 1.97. The SMILES string of the molecule is CCc1cnn(C2(CC#N)[C@@H]3CC[C@H]2CN(C(C)C)C3)c1. The van der Waals surface area contributed by atoms with Crippen LogP contribution in [0.15, 0.2) is 12.4 Å². The van der Waals surface area contributed by atoms with E-state index in [0.717, 1.165) is 19.5 Å². The van der Waals surface area contributed by atoms with Crippen molar-refractivity contribution in [3.63, 3.8) is 0 Å². The summed E-state index contributed by atoms with van der Waals surface area (Å²) < 4.78 is 2.16. The highest BCUT2D eigenvalue weighted by atomic mass is 15.3. The first kappa shape index (κ1) is 14.6. The van der Waals surface area contributed by atoms with Crippen molar-refractivity contribution < 1.29 is 0 Å². The summed E-state index contributed by atoms with van der Waals surface area (Å²) in [5.74, 6) is 1.12. The standard InChI is InChI=1S/C17H26N4/c1-4-14-9-19-21(10-14)17(7-8-18)15-5-6-16(17)12-20(11-15)13(2)3/h9-10,13,15-16H,4-7,11-12H2,1-3H3/t15-,16+,17?. The molecule has 0 aromatic carbocycles. The molecule has 1 aliphatic heterocycles. The third kappa shape index (κ3) is 2.19. The molecule has 1 aromatic heterocycles. The normalized spacial score (nSPS) is 32.5. The van der Waals surface area contributed by atoms with Gasteiger partial charge in [0.05, 0.1) is 24.2 Å². The molecule has 0 amide bonds. The molecule has 2 heterocycles. The minimum absolute atomic E-state index is 0.0619. The summed E-state index contributed by atoms with van der Waals surface area (Å²) in [6.07, 6.45) is 8.24. The number of nitriles is 1. The average molecular weight is 286 g/mol. The Morgan fingerprint density at radius 3 is 2.52 bits per heavy atom. The molecule has 2 bridgehead atoms. The van der Waals surface area contributed by atoms with Gasteiger partial charge in [0.15, 0.2) is 0 Å². The summed E-state index contributed by atoms with van der Waals surface area (Å²) in [6, 6.07) is 3.06. The lowest BCUT2D eigenvalue weighted by Gasteiger charge is -2.48. The highest BCUT2D eigenvalue weighted by Crippen LogP contribution is 2.52. The number of aryl methyl sites for hydroxylation is 1. The van der Waals surface area contributed by atoms with Gasteiger partial charge in [-0.2, -0.15) is 10.4 Å². The minimum atomic E-state index is -0.0619. The second-order valence-electron chi connectivity index (χ2n) is 6.99. The van der Waals surface area contributed by atoms with Crippen LogP contribution >= 0.6 is 0 Å². The van der Waals surface area contributed by atoms with E-state index in [0.29, 0.717) is 24.3 Å². The highest BCUT2D eigenvalue weighted by molar-refractivity contribution is 5.14. The Bertz CT molecular complexity index is 525. The predicted octanol–water partition coefficient (Wildman–Crippen LogP) is 2.80. The molecule has 0 radical (unpaired) electrons. The van der Waals surface area contributed by atoms with Gasteiger partial charge < -0.3 is 4.90 Å². The van der Waals surface area contributed by atoms with E-state index in [4.69, 9.17) is 0 Å². The lowest BCUT2D eigenvalue weighted by Crippen LogP contribution is -2.56. The first-order valence-corrected chi connectivity index (χ1v) is 8.26. The Morgan fingerprint density at radius 2 is 2.05 bits per heavy atom. The summed E-state index contributed by atoms with van der Waals surface area (Å²) >= 11 is 0. The molecule has 4 nitrogen and oxygen atoms in total. The molecule has 4 heteroatoms. The second-order valence-corrected chi connectivity index (χ2v) is 6.99. The molecule has 1 aliphatic carbocycles. The van der Waals surface area contributed by atoms with Gasteiger partial charge in [-0.05, 0) is 50.5 Å². The van der Waals surface area contributed by atoms with Crippen molar-refractivity contribution >= 4 is 0 Å². The van der Waals surface area contributed by atoms with Crippen molar-refractivity contribution in [1.29, 1.82) is 5.26 Å². The number of hydrogen-bond acceptors (Lipinski definition) is 3. The summed E-state index contributed by atoms with van der Waals surface area (Å²) in [4.78, 5) is 2.59. The number of piperidine rings is 1. The van der Waals surface area contributed by atoms with Crippen molar-refractivity contribution in [2.75, 3.05) is 13.1 Å². The van der Waals surface area contributed by atoms with Crippen LogP contribution in [-0.2, 0) is 12.0 Å². The molecule has 2 fully saturated rings. The van der Waals surface area contributed by atoms with Crippen LogP contribution in [0.5, 0.6) is 0 Å². The molecule has 3 rings (SSSR count). The van der Waals surface area contributed by atoms with Crippen molar-refractivity contribution in [3.05, 3.63) is 18.0 Å². The summed E-state index contributed by atoms with van der Waals surface area (Å²) in [6.45, 7) is 8.93. The van der Waals surface area contributed by atoms with E-state index < -0.39 is 0 Å².